The summed E-state index contributed by atoms with van der Waals surface area (Å²) in [5.41, 5.74) is 1.64. The lowest BCUT2D eigenvalue weighted by Gasteiger charge is -2.21. The van der Waals surface area contributed by atoms with Crippen LogP contribution < -0.4 is 5.32 Å². The third kappa shape index (κ3) is 4.36. The first-order chi connectivity index (χ1) is 7.84. The van der Waals surface area contributed by atoms with Crippen LogP contribution in [0.2, 0.25) is 0 Å². The summed E-state index contributed by atoms with van der Waals surface area (Å²) in [5, 5.41) is 3.88. The van der Waals surface area contributed by atoms with Crippen LogP contribution in [-0.4, -0.2) is 18.3 Å². The largest absolute Gasteiger partial charge is 0.316 e. The van der Waals surface area contributed by atoms with Crippen LogP contribution in [0.25, 0.3) is 0 Å². The number of hydrogen-bond acceptors (Lipinski definition) is 2. The number of hydrogen-bond donors (Lipinski definition) is 1. The van der Waals surface area contributed by atoms with Crippen molar-refractivity contribution in [3.05, 3.63) is 29.8 Å². The first-order valence-electron chi connectivity index (χ1n) is 6.29. The molecule has 0 amide bonds. The molecule has 17 heavy (non-hydrogen) atoms. The average Bonchev–Trinajstić information content (AvgIpc) is 2.27. The number of nitrogens with one attached hydrogen (secondary N) is 1. The quantitative estimate of drug-likeness (QED) is 0.810. The van der Waals surface area contributed by atoms with Gasteiger partial charge in [-0.3, -0.25) is 0 Å². The van der Waals surface area contributed by atoms with Gasteiger partial charge in [0.25, 0.3) is 0 Å². The van der Waals surface area contributed by atoms with E-state index >= 15 is 0 Å². The maximum absolute atomic E-state index is 3.30. The van der Waals surface area contributed by atoms with Crippen LogP contribution in [0.15, 0.2) is 29.2 Å². The molecular weight excluding hydrogens is 226 g/mol. The summed E-state index contributed by atoms with van der Waals surface area (Å²) in [4.78, 5) is 1.35. The summed E-state index contributed by atoms with van der Waals surface area (Å²) < 4.78 is 0. The lowest BCUT2D eigenvalue weighted by Crippen LogP contribution is -2.30. The molecule has 96 valence electrons. The van der Waals surface area contributed by atoms with Crippen molar-refractivity contribution >= 4 is 11.8 Å². The van der Waals surface area contributed by atoms with Gasteiger partial charge in [-0.05, 0) is 37.1 Å². The van der Waals surface area contributed by atoms with E-state index < -0.39 is 0 Å². The van der Waals surface area contributed by atoms with E-state index in [2.05, 4.69) is 64.2 Å². The Morgan fingerprint density at radius 1 is 1.06 bits per heavy atom. The van der Waals surface area contributed by atoms with Crippen molar-refractivity contribution in [3.8, 4) is 0 Å². The lowest BCUT2D eigenvalue weighted by molar-refractivity contribution is 0.589. The standard InChI is InChI=1S/C15H25NS/c1-11(16-6)12(2)17-14-9-7-13(8-10-14)15(3,4)5/h7-12,16H,1-6H3. The minimum absolute atomic E-state index is 0.243. The zero-order valence-corrected chi connectivity index (χ0v) is 12.7. The van der Waals surface area contributed by atoms with E-state index in [0.717, 1.165) is 0 Å². The van der Waals surface area contributed by atoms with Crippen molar-refractivity contribution in [2.45, 2.75) is 56.2 Å². The van der Waals surface area contributed by atoms with E-state index in [-0.39, 0.29) is 5.41 Å². The SMILES string of the molecule is CNC(C)C(C)Sc1ccc(C(C)(C)C)cc1. The highest BCUT2D eigenvalue weighted by Crippen LogP contribution is 2.28. The van der Waals surface area contributed by atoms with E-state index in [4.69, 9.17) is 0 Å². The van der Waals surface area contributed by atoms with Gasteiger partial charge in [0.15, 0.2) is 0 Å². The molecule has 0 spiro atoms. The fraction of sp³-hybridized carbons (Fsp3) is 0.600. The Kier molecular flexibility index (Phi) is 5.08. The molecule has 0 aliphatic heterocycles. The highest BCUT2D eigenvalue weighted by atomic mass is 32.2. The molecule has 0 bridgehead atoms. The Labute approximate surface area is 110 Å². The molecule has 1 aromatic rings. The van der Waals surface area contributed by atoms with E-state index in [1.54, 1.807) is 0 Å². The van der Waals surface area contributed by atoms with Crippen LogP contribution >= 0.6 is 11.8 Å². The molecule has 2 atom stereocenters. The predicted octanol–water partition coefficient (Wildman–Crippen LogP) is 4.07. The zero-order valence-electron chi connectivity index (χ0n) is 11.9. The molecule has 0 saturated carbocycles. The Balaban J connectivity index is 2.69. The third-order valence-corrected chi connectivity index (χ3v) is 4.53. The average molecular weight is 251 g/mol. The molecule has 0 saturated heterocycles. The first kappa shape index (κ1) is 14.6. The normalized spacial score (nSPS) is 15.6. The van der Waals surface area contributed by atoms with E-state index in [9.17, 15) is 0 Å². The summed E-state index contributed by atoms with van der Waals surface area (Å²) in [6.45, 7) is 11.2. The molecule has 1 aromatic carbocycles. The van der Waals surface area contributed by atoms with Crippen LogP contribution in [0, 0.1) is 0 Å². The van der Waals surface area contributed by atoms with Gasteiger partial charge in [0, 0.05) is 16.2 Å². The Hall–Kier alpha value is -0.470. The third-order valence-electron chi connectivity index (χ3n) is 3.20. The number of thioether (sulfide) groups is 1. The van der Waals surface area contributed by atoms with Crippen LogP contribution in [0.1, 0.15) is 40.2 Å². The molecule has 0 fully saturated rings. The van der Waals surface area contributed by atoms with Gasteiger partial charge >= 0.3 is 0 Å². The van der Waals surface area contributed by atoms with Gasteiger partial charge in [-0.25, -0.2) is 0 Å². The maximum atomic E-state index is 3.30. The maximum Gasteiger partial charge on any atom is 0.0217 e. The fourth-order valence-electron chi connectivity index (χ4n) is 1.58. The zero-order chi connectivity index (χ0) is 13.1. The molecule has 1 N–H and O–H groups in total. The second kappa shape index (κ2) is 5.92. The monoisotopic (exact) mass is 251 g/mol. The fourth-order valence-corrected chi connectivity index (χ4v) is 2.65. The second-order valence-corrected chi connectivity index (χ2v) is 7.13. The summed E-state index contributed by atoms with van der Waals surface area (Å²) in [7, 11) is 2.02. The summed E-state index contributed by atoms with van der Waals surface area (Å²) in [5.74, 6) is 0. The summed E-state index contributed by atoms with van der Waals surface area (Å²) in [6.07, 6.45) is 0. The molecule has 2 unspecified atom stereocenters. The topological polar surface area (TPSA) is 12.0 Å². The van der Waals surface area contributed by atoms with Crippen molar-refractivity contribution in [2.24, 2.45) is 0 Å². The molecule has 0 radical (unpaired) electrons. The molecule has 0 aliphatic carbocycles. The van der Waals surface area contributed by atoms with Gasteiger partial charge in [-0.2, -0.15) is 0 Å². The Bertz CT molecular complexity index is 337. The van der Waals surface area contributed by atoms with Gasteiger partial charge in [-0.15, -0.1) is 11.8 Å². The molecule has 1 nitrogen and oxygen atoms in total. The molecule has 2 heteroatoms. The smallest absolute Gasteiger partial charge is 0.0217 e. The van der Waals surface area contributed by atoms with Gasteiger partial charge in [-0.1, -0.05) is 39.8 Å². The lowest BCUT2D eigenvalue weighted by atomic mass is 9.87. The predicted molar refractivity (Wildman–Crippen MR) is 79.0 cm³/mol. The molecule has 0 heterocycles. The Morgan fingerprint density at radius 2 is 1.59 bits per heavy atom. The van der Waals surface area contributed by atoms with Crippen LogP contribution in [0.4, 0.5) is 0 Å². The van der Waals surface area contributed by atoms with Gasteiger partial charge in [0.2, 0.25) is 0 Å². The van der Waals surface area contributed by atoms with Gasteiger partial charge < -0.3 is 5.32 Å². The van der Waals surface area contributed by atoms with Crippen LogP contribution in [0.5, 0.6) is 0 Å². The molecule has 0 aliphatic rings. The van der Waals surface area contributed by atoms with E-state index in [1.807, 2.05) is 18.8 Å². The highest BCUT2D eigenvalue weighted by molar-refractivity contribution is 8.00. The minimum atomic E-state index is 0.243. The Morgan fingerprint density at radius 3 is 2.00 bits per heavy atom. The molecule has 1 rings (SSSR count). The summed E-state index contributed by atoms with van der Waals surface area (Å²) in [6, 6.07) is 9.51. The minimum Gasteiger partial charge on any atom is -0.316 e. The molecule has 0 aromatic heterocycles. The van der Waals surface area contributed by atoms with Crippen molar-refractivity contribution in [2.75, 3.05) is 7.05 Å². The van der Waals surface area contributed by atoms with Gasteiger partial charge in [0.05, 0.1) is 0 Å². The molecular formula is C15H25NS. The van der Waals surface area contributed by atoms with Crippen LogP contribution in [0.3, 0.4) is 0 Å². The summed E-state index contributed by atoms with van der Waals surface area (Å²) >= 11 is 1.93. The van der Waals surface area contributed by atoms with Crippen LogP contribution in [-0.2, 0) is 5.41 Å². The van der Waals surface area contributed by atoms with Crippen molar-refractivity contribution in [1.29, 1.82) is 0 Å². The van der Waals surface area contributed by atoms with E-state index in [1.165, 1.54) is 10.5 Å². The van der Waals surface area contributed by atoms with Gasteiger partial charge in [0.1, 0.15) is 0 Å². The first-order valence-corrected chi connectivity index (χ1v) is 7.17. The second-order valence-electron chi connectivity index (χ2n) is 5.67. The van der Waals surface area contributed by atoms with E-state index in [0.29, 0.717) is 11.3 Å². The number of rotatable bonds is 4. The number of benzene rings is 1. The highest BCUT2D eigenvalue weighted by Gasteiger charge is 2.14. The van der Waals surface area contributed by atoms with Crippen molar-refractivity contribution in [1.82, 2.24) is 5.32 Å². The van der Waals surface area contributed by atoms with Crippen molar-refractivity contribution < 1.29 is 0 Å². The van der Waals surface area contributed by atoms with Crippen molar-refractivity contribution in [3.63, 3.8) is 0 Å².